The van der Waals surface area contributed by atoms with E-state index in [0.717, 1.165) is 16.6 Å². The fourth-order valence-corrected chi connectivity index (χ4v) is 4.25. The average Bonchev–Trinajstić information content (AvgIpc) is 3.16. The van der Waals surface area contributed by atoms with Gasteiger partial charge >= 0.3 is 0 Å². The van der Waals surface area contributed by atoms with Gasteiger partial charge in [-0.2, -0.15) is 5.26 Å². The van der Waals surface area contributed by atoms with E-state index in [9.17, 15) is 19.2 Å². The fourth-order valence-electron chi connectivity index (χ4n) is 2.53. The molecule has 0 saturated heterocycles. The van der Waals surface area contributed by atoms with Gasteiger partial charge < -0.3 is 10.6 Å². The van der Waals surface area contributed by atoms with Gasteiger partial charge in [-0.15, -0.1) is 11.3 Å². The van der Waals surface area contributed by atoms with Gasteiger partial charge in [0.25, 0.3) is 0 Å². The molecule has 2 heterocycles. The minimum atomic E-state index is -0.384. The van der Waals surface area contributed by atoms with E-state index in [4.69, 9.17) is 0 Å². The Kier molecular flexibility index (Phi) is 5.71. The van der Waals surface area contributed by atoms with Gasteiger partial charge in [0.1, 0.15) is 5.82 Å². The van der Waals surface area contributed by atoms with Crippen LogP contribution in [0.25, 0.3) is 0 Å². The maximum atomic E-state index is 12.9. The third kappa shape index (κ3) is 4.31. The Morgan fingerprint density at radius 2 is 2.15 bits per heavy atom. The fraction of sp³-hybridized carbons (Fsp3) is 0.167. The predicted octanol–water partition coefficient (Wildman–Crippen LogP) is 3.60. The Morgan fingerprint density at radius 1 is 1.38 bits per heavy atom. The normalized spacial score (nSPS) is 16.8. The topological polar surface area (TPSA) is 82.0 Å². The minimum absolute atomic E-state index is 0.0231. The molecule has 1 aromatic carbocycles. The highest BCUT2D eigenvalue weighted by Gasteiger charge is 2.30. The van der Waals surface area contributed by atoms with Crippen LogP contribution in [-0.4, -0.2) is 17.6 Å². The molecule has 0 aliphatic carbocycles. The van der Waals surface area contributed by atoms with Crippen LogP contribution in [0, 0.1) is 17.1 Å². The molecule has 0 saturated carbocycles. The van der Waals surface area contributed by atoms with Crippen molar-refractivity contribution in [1.82, 2.24) is 5.32 Å². The standard InChI is InChI=1S/C18H14FN3O2S2/c19-11-3-5-12(6-4-11)21-17(24)10-26-18-14(9-20)13(8-16(23)22-18)15-2-1-7-25-15/h1-7,13H,8,10H2,(H,21,24)(H,22,23)/t13-/m0/s1. The number of hydrogen-bond acceptors (Lipinski definition) is 5. The SMILES string of the molecule is N#CC1=C(SCC(=O)Nc2ccc(F)cc2)NC(=O)C[C@@H]1c1cccs1. The molecule has 2 amide bonds. The van der Waals surface area contributed by atoms with Crippen LogP contribution in [0.1, 0.15) is 17.2 Å². The van der Waals surface area contributed by atoms with Crippen LogP contribution in [0.2, 0.25) is 0 Å². The highest BCUT2D eigenvalue weighted by Crippen LogP contribution is 2.37. The molecule has 0 bridgehead atoms. The second kappa shape index (κ2) is 8.17. The molecule has 1 aromatic heterocycles. The van der Waals surface area contributed by atoms with Crippen LogP contribution in [0.15, 0.2) is 52.4 Å². The number of rotatable bonds is 5. The molecule has 0 fully saturated rings. The Labute approximate surface area is 157 Å². The van der Waals surface area contributed by atoms with Crippen molar-refractivity contribution >= 4 is 40.6 Å². The van der Waals surface area contributed by atoms with E-state index in [2.05, 4.69) is 16.7 Å². The van der Waals surface area contributed by atoms with E-state index >= 15 is 0 Å². The second-order valence-electron chi connectivity index (χ2n) is 5.52. The summed E-state index contributed by atoms with van der Waals surface area (Å²) in [7, 11) is 0. The van der Waals surface area contributed by atoms with Crippen molar-refractivity contribution in [3.8, 4) is 6.07 Å². The summed E-state index contributed by atoms with van der Waals surface area (Å²) >= 11 is 2.60. The van der Waals surface area contributed by atoms with Crippen molar-refractivity contribution < 1.29 is 14.0 Å². The van der Waals surface area contributed by atoms with Crippen LogP contribution in [0.3, 0.4) is 0 Å². The number of nitrogens with one attached hydrogen (secondary N) is 2. The average molecular weight is 387 g/mol. The van der Waals surface area contributed by atoms with E-state index in [0.29, 0.717) is 16.3 Å². The number of hydrogen-bond donors (Lipinski definition) is 2. The van der Waals surface area contributed by atoms with E-state index in [1.165, 1.54) is 35.6 Å². The lowest BCUT2D eigenvalue weighted by molar-refractivity contribution is -0.121. The predicted molar refractivity (Wildman–Crippen MR) is 99.9 cm³/mol. The van der Waals surface area contributed by atoms with Gasteiger partial charge in [-0.1, -0.05) is 17.8 Å². The van der Waals surface area contributed by atoms with Crippen molar-refractivity contribution in [1.29, 1.82) is 5.26 Å². The molecule has 2 aromatic rings. The first kappa shape index (κ1) is 18.2. The largest absolute Gasteiger partial charge is 0.325 e. The highest BCUT2D eigenvalue weighted by molar-refractivity contribution is 8.03. The summed E-state index contributed by atoms with van der Waals surface area (Å²) in [4.78, 5) is 25.0. The van der Waals surface area contributed by atoms with Crippen molar-refractivity contribution in [2.45, 2.75) is 12.3 Å². The number of thioether (sulfide) groups is 1. The van der Waals surface area contributed by atoms with Crippen LogP contribution in [-0.2, 0) is 9.59 Å². The molecule has 8 heteroatoms. The summed E-state index contributed by atoms with van der Waals surface area (Å²) in [6, 6.07) is 11.4. The first-order valence-corrected chi connectivity index (χ1v) is 9.59. The van der Waals surface area contributed by atoms with Crippen LogP contribution >= 0.6 is 23.1 Å². The van der Waals surface area contributed by atoms with Crippen molar-refractivity contribution in [3.63, 3.8) is 0 Å². The van der Waals surface area contributed by atoms with Gasteiger partial charge in [0.2, 0.25) is 11.8 Å². The monoisotopic (exact) mass is 387 g/mol. The Bertz CT molecular complexity index is 886. The number of allylic oxidation sites excluding steroid dienone is 1. The summed E-state index contributed by atoms with van der Waals surface area (Å²) in [6.45, 7) is 0. The van der Waals surface area contributed by atoms with E-state index < -0.39 is 0 Å². The summed E-state index contributed by atoms with van der Waals surface area (Å²) < 4.78 is 12.9. The lowest BCUT2D eigenvalue weighted by Crippen LogP contribution is -2.31. The summed E-state index contributed by atoms with van der Waals surface area (Å²) in [5.41, 5.74) is 0.947. The van der Waals surface area contributed by atoms with Crippen molar-refractivity contribution in [3.05, 3.63) is 63.1 Å². The number of halogens is 1. The number of carbonyl (C=O) groups excluding carboxylic acids is 2. The van der Waals surface area contributed by atoms with Gasteiger partial charge in [-0.3, -0.25) is 9.59 Å². The number of thiophene rings is 1. The summed E-state index contributed by atoms with van der Waals surface area (Å²) in [5.74, 6) is -1.13. The number of nitriles is 1. The lowest BCUT2D eigenvalue weighted by Gasteiger charge is -2.23. The Balaban J connectivity index is 1.70. The summed E-state index contributed by atoms with van der Waals surface area (Å²) in [5, 5.41) is 17.2. The first-order valence-electron chi connectivity index (χ1n) is 7.72. The third-order valence-corrected chi connectivity index (χ3v) is 5.72. The van der Waals surface area contributed by atoms with Crippen molar-refractivity contribution in [2.24, 2.45) is 0 Å². The molecule has 0 spiro atoms. The number of nitrogens with zero attached hydrogens (tertiary/aromatic N) is 1. The van der Waals surface area contributed by atoms with Crippen LogP contribution in [0.4, 0.5) is 10.1 Å². The minimum Gasteiger partial charge on any atom is -0.325 e. The lowest BCUT2D eigenvalue weighted by atomic mass is 9.93. The maximum Gasteiger partial charge on any atom is 0.234 e. The van der Waals surface area contributed by atoms with Crippen LogP contribution < -0.4 is 10.6 Å². The van der Waals surface area contributed by atoms with E-state index in [-0.39, 0.29) is 35.7 Å². The quantitative estimate of drug-likeness (QED) is 0.821. The molecule has 132 valence electrons. The molecular formula is C18H14FN3O2S2. The molecule has 3 rings (SSSR count). The smallest absolute Gasteiger partial charge is 0.234 e. The van der Waals surface area contributed by atoms with Crippen LogP contribution in [0.5, 0.6) is 0 Å². The highest BCUT2D eigenvalue weighted by atomic mass is 32.2. The summed E-state index contributed by atoms with van der Waals surface area (Å²) in [6.07, 6.45) is 0.218. The number of carbonyl (C=O) groups is 2. The van der Waals surface area contributed by atoms with Crippen molar-refractivity contribution in [2.75, 3.05) is 11.1 Å². The zero-order valence-corrected chi connectivity index (χ0v) is 15.1. The maximum absolute atomic E-state index is 12.9. The Hall–Kier alpha value is -2.63. The molecule has 0 unspecified atom stereocenters. The number of benzene rings is 1. The molecule has 2 N–H and O–H groups in total. The van der Waals surface area contributed by atoms with Gasteiger partial charge in [0.15, 0.2) is 0 Å². The zero-order chi connectivity index (χ0) is 18.5. The van der Waals surface area contributed by atoms with Gasteiger partial charge in [0.05, 0.1) is 22.4 Å². The third-order valence-electron chi connectivity index (χ3n) is 3.72. The number of anilines is 1. The molecule has 26 heavy (non-hydrogen) atoms. The molecule has 5 nitrogen and oxygen atoms in total. The Morgan fingerprint density at radius 3 is 2.81 bits per heavy atom. The molecule has 1 aliphatic heterocycles. The molecule has 1 atom stereocenters. The zero-order valence-electron chi connectivity index (χ0n) is 13.5. The van der Waals surface area contributed by atoms with Gasteiger partial charge in [-0.25, -0.2) is 4.39 Å². The van der Waals surface area contributed by atoms with Gasteiger partial charge in [0, 0.05) is 22.9 Å². The van der Waals surface area contributed by atoms with E-state index in [1.54, 1.807) is 0 Å². The molecule has 0 radical (unpaired) electrons. The molecule has 1 aliphatic rings. The molecular weight excluding hydrogens is 373 g/mol. The van der Waals surface area contributed by atoms with Gasteiger partial charge in [-0.05, 0) is 35.7 Å². The van der Waals surface area contributed by atoms with E-state index in [1.807, 2.05) is 17.5 Å². The second-order valence-corrected chi connectivity index (χ2v) is 7.48. The number of amides is 2. The first-order chi connectivity index (χ1) is 12.6.